The Morgan fingerprint density at radius 3 is 2.20 bits per heavy atom. The highest BCUT2D eigenvalue weighted by Gasteiger charge is 2.01. The number of rotatable bonds is 6. The van der Waals surface area contributed by atoms with Gasteiger partial charge >= 0.3 is 0 Å². The lowest BCUT2D eigenvalue weighted by Gasteiger charge is -1.98. The van der Waals surface area contributed by atoms with E-state index in [1.807, 2.05) is 13.0 Å². The first-order chi connectivity index (χ1) is 6.81. The van der Waals surface area contributed by atoms with E-state index in [2.05, 4.69) is 19.9 Å². The van der Waals surface area contributed by atoms with Crippen LogP contribution in [0, 0.1) is 0 Å². The maximum absolute atomic E-state index is 10.4. The molecule has 0 aromatic carbocycles. The van der Waals surface area contributed by atoms with Gasteiger partial charge in [-0.3, -0.25) is 4.55 Å². The third kappa shape index (κ3) is 11.3. The van der Waals surface area contributed by atoms with Crippen LogP contribution in [-0.2, 0) is 10.1 Å². The first-order valence-electron chi connectivity index (χ1n) is 5.05. The first-order valence-corrected chi connectivity index (χ1v) is 6.66. The van der Waals surface area contributed by atoms with Crippen LogP contribution < -0.4 is 0 Å². The highest BCUT2D eigenvalue weighted by molar-refractivity contribution is 7.85. The number of hydrogen-bond donors (Lipinski definition) is 1. The molecule has 0 amide bonds. The van der Waals surface area contributed by atoms with Crippen molar-refractivity contribution in [3.8, 4) is 0 Å². The van der Waals surface area contributed by atoms with E-state index in [0.717, 1.165) is 18.4 Å². The van der Waals surface area contributed by atoms with E-state index in [-0.39, 0.29) is 5.75 Å². The maximum atomic E-state index is 10.4. The molecule has 0 fully saturated rings. The molecule has 0 spiro atoms. The summed E-state index contributed by atoms with van der Waals surface area (Å²) in [6.07, 6.45) is 6.33. The molecule has 0 bridgehead atoms. The molecular weight excluding hydrogens is 212 g/mol. The maximum Gasteiger partial charge on any atom is 0.265 e. The van der Waals surface area contributed by atoms with Crippen molar-refractivity contribution in [2.24, 2.45) is 0 Å². The minimum Gasteiger partial charge on any atom is -0.286 e. The van der Waals surface area contributed by atoms with E-state index in [0.29, 0.717) is 6.42 Å². The molecule has 1 N–H and O–H groups in total. The second kappa shape index (κ2) is 6.80. The molecule has 0 radical (unpaired) electrons. The Labute approximate surface area is 92.6 Å². The Kier molecular flexibility index (Phi) is 6.52. The van der Waals surface area contributed by atoms with Crippen LogP contribution in [0.3, 0.4) is 0 Å². The third-order valence-corrected chi connectivity index (χ3v) is 2.71. The Hall–Kier alpha value is -0.610. The van der Waals surface area contributed by atoms with Crippen LogP contribution in [-0.4, -0.2) is 18.7 Å². The largest absolute Gasteiger partial charge is 0.286 e. The van der Waals surface area contributed by atoms with Crippen LogP contribution in [0.15, 0.2) is 23.3 Å². The fraction of sp³-hybridized carbons (Fsp3) is 0.636. The molecule has 0 saturated carbocycles. The Balaban J connectivity index is 3.85. The molecular formula is C11H20O3S. The van der Waals surface area contributed by atoms with Crippen LogP contribution >= 0.6 is 0 Å². The summed E-state index contributed by atoms with van der Waals surface area (Å²) in [5, 5.41) is 0. The van der Waals surface area contributed by atoms with E-state index in [1.54, 1.807) is 0 Å². The highest BCUT2D eigenvalue weighted by Crippen LogP contribution is 2.07. The molecule has 4 heteroatoms. The van der Waals surface area contributed by atoms with Crippen LogP contribution in [0.25, 0.3) is 0 Å². The number of hydrogen-bond acceptors (Lipinski definition) is 2. The Morgan fingerprint density at radius 2 is 1.73 bits per heavy atom. The standard InChI is InChI=1S/C11H20O3S/c1-10(2)6-4-7-11(3)8-5-9-15(12,13)14/h6,8H,4-5,7,9H2,1-3H3,(H,12,13,14)/b11-8+. The van der Waals surface area contributed by atoms with Crippen molar-refractivity contribution in [3.05, 3.63) is 23.3 Å². The summed E-state index contributed by atoms with van der Waals surface area (Å²) < 4.78 is 29.4. The Bertz CT molecular complexity index is 333. The van der Waals surface area contributed by atoms with E-state index in [9.17, 15) is 8.42 Å². The van der Waals surface area contributed by atoms with Crippen molar-refractivity contribution in [1.29, 1.82) is 0 Å². The highest BCUT2D eigenvalue weighted by atomic mass is 32.2. The van der Waals surface area contributed by atoms with Gasteiger partial charge in [0, 0.05) is 0 Å². The van der Waals surface area contributed by atoms with Gasteiger partial charge in [0.05, 0.1) is 5.75 Å². The van der Waals surface area contributed by atoms with Gasteiger partial charge < -0.3 is 0 Å². The molecule has 3 nitrogen and oxygen atoms in total. The van der Waals surface area contributed by atoms with Gasteiger partial charge in [-0.2, -0.15) is 8.42 Å². The van der Waals surface area contributed by atoms with Crippen LogP contribution in [0.5, 0.6) is 0 Å². The lowest BCUT2D eigenvalue weighted by molar-refractivity contribution is 0.483. The van der Waals surface area contributed by atoms with Crippen LogP contribution in [0.4, 0.5) is 0 Å². The minimum atomic E-state index is -3.81. The average molecular weight is 232 g/mol. The molecule has 0 aliphatic heterocycles. The number of allylic oxidation sites excluding steroid dienone is 4. The van der Waals surface area contributed by atoms with Gasteiger partial charge in [-0.05, 0) is 40.0 Å². The molecule has 0 heterocycles. The summed E-state index contributed by atoms with van der Waals surface area (Å²) in [5.41, 5.74) is 2.46. The SMILES string of the molecule is CC(C)=CCC/C(C)=C/CCS(=O)(=O)O. The van der Waals surface area contributed by atoms with Crippen molar-refractivity contribution in [1.82, 2.24) is 0 Å². The van der Waals surface area contributed by atoms with Crippen molar-refractivity contribution in [3.63, 3.8) is 0 Å². The first kappa shape index (κ1) is 14.4. The Morgan fingerprint density at radius 1 is 1.13 bits per heavy atom. The molecule has 0 saturated heterocycles. The summed E-state index contributed by atoms with van der Waals surface area (Å²) in [5.74, 6) is -0.188. The quantitative estimate of drug-likeness (QED) is 0.566. The molecule has 0 unspecified atom stereocenters. The zero-order chi connectivity index (χ0) is 11.9. The van der Waals surface area contributed by atoms with Gasteiger partial charge in [0.15, 0.2) is 0 Å². The average Bonchev–Trinajstić information content (AvgIpc) is 2.00. The van der Waals surface area contributed by atoms with Gasteiger partial charge in [-0.15, -0.1) is 0 Å². The van der Waals surface area contributed by atoms with Crippen molar-refractivity contribution in [2.45, 2.75) is 40.0 Å². The molecule has 0 aliphatic carbocycles. The monoisotopic (exact) mass is 232 g/mol. The van der Waals surface area contributed by atoms with Crippen LogP contribution in [0.2, 0.25) is 0 Å². The van der Waals surface area contributed by atoms with Crippen molar-refractivity contribution in [2.75, 3.05) is 5.75 Å². The minimum absolute atomic E-state index is 0.188. The van der Waals surface area contributed by atoms with Crippen LogP contribution in [0.1, 0.15) is 40.0 Å². The molecule has 0 aromatic heterocycles. The summed E-state index contributed by atoms with van der Waals surface area (Å²) in [4.78, 5) is 0. The van der Waals surface area contributed by atoms with Gasteiger partial charge in [0.1, 0.15) is 0 Å². The lowest BCUT2D eigenvalue weighted by atomic mass is 10.1. The van der Waals surface area contributed by atoms with Gasteiger partial charge in [0.25, 0.3) is 10.1 Å². The van der Waals surface area contributed by atoms with E-state index >= 15 is 0 Å². The summed E-state index contributed by atoms with van der Waals surface area (Å²) >= 11 is 0. The van der Waals surface area contributed by atoms with Gasteiger partial charge in [-0.25, -0.2) is 0 Å². The summed E-state index contributed by atoms with van der Waals surface area (Å²) in [6, 6.07) is 0. The smallest absolute Gasteiger partial charge is 0.265 e. The predicted octanol–water partition coefficient (Wildman–Crippen LogP) is 2.96. The van der Waals surface area contributed by atoms with Gasteiger partial charge in [-0.1, -0.05) is 23.3 Å². The molecule has 0 aromatic rings. The van der Waals surface area contributed by atoms with Crippen molar-refractivity contribution >= 4 is 10.1 Å². The molecule has 0 aliphatic rings. The predicted molar refractivity (Wildman–Crippen MR) is 63.5 cm³/mol. The third-order valence-electron chi connectivity index (χ3n) is 1.96. The van der Waals surface area contributed by atoms with Gasteiger partial charge in [0.2, 0.25) is 0 Å². The normalized spacial score (nSPS) is 12.7. The fourth-order valence-corrected chi connectivity index (χ4v) is 1.56. The fourth-order valence-electron chi connectivity index (χ4n) is 1.14. The van der Waals surface area contributed by atoms with E-state index in [4.69, 9.17) is 4.55 Å². The van der Waals surface area contributed by atoms with Crippen molar-refractivity contribution < 1.29 is 13.0 Å². The topological polar surface area (TPSA) is 54.4 Å². The molecule has 15 heavy (non-hydrogen) atoms. The van der Waals surface area contributed by atoms with E-state index < -0.39 is 10.1 Å². The molecule has 0 atom stereocenters. The van der Waals surface area contributed by atoms with E-state index in [1.165, 1.54) is 5.57 Å². The summed E-state index contributed by atoms with van der Waals surface area (Å²) in [7, 11) is -3.81. The zero-order valence-corrected chi connectivity index (χ0v) is 10.5. The second-order valence-corrected chi connectivity index (χ2v) is 5.52. The molecule has 88 valence electrons. The zero-order valence-electron chi connectivity index (χ0n) is 9.66. The summed E-state index contributed by atoms with van der Waals surface area (Å²) in [6.45, 7) is 6.08. The molecule has 0 rings (SSSR count). The lowest BCUT2D eigenvalue weighted by Crippen LogP contribution is -2.02. The second-order valence-electron chi connectivity index (χ2n) is 3.95.